The van der Waals surface area contributed by atoms with Crippen molar-refractivity contribution in [3.05, 3.63) is 29.6 Å². The van der Waals surface area contributed by atoms with Crippen molar-refractivity contribution >= 4 is 30.1 Å². The maximum atomic E-state index is 13.2. The van der Waals surface area contributed by atoms with Crippen molar-refractivity contribution in [2.75, 3.05) is 12.3 Å². The van der Waals surface area contributed by atoms with Gasteiger partial charge in [0.05, 0.1) is 6.04 Å². The van der Waals surface area contributed by atoms with Crippen LogP contribution in [0.2, 0.25) is 0 Å². The van der Waals surface area contributed by atoms with Crippen molar-refractivity contribution in [1.29, 1.82) is 0 Å². The summed E-state index contributed by atoms with van der Waals surface area (Å²) in [5.41, 5.74) is 6.21. The van der Waals surface area contributed by atoms with E-state index in [0.29, 0.717) is 13.0 Å². The van der Waals surface area contributed by atoms with E-state index in [1.165, 1.54) is 12.1 Å². The van der Waals surface area contributed by atoms with Crippen LogP contribution in [-0.4, -0.2) is 18.2 Å². The maximum absolute atomic E-state index is 13.2. The highest BCUT2D eigenvalue weighted by Crippen LogP contribution is 2.36. The number of thioether (sulfide) groups is 1. The van der Waals surface area contributed by atoms with Gasteiger partial charge in [0.25, 0.3) is 0 Å². The monoisotopic (exact) mass is 290 g/mol. The van der Waals surface area contributed by atoms with Crippen LogP contribution in [0.25, 0.3) is 0 Å². The van der Waals surface area contributed by atoms with E-state index in [2.05, 4.69) is 5.32 Å². The van der Waals surface area contributed by atoms with Crippen LogP contribution in [0, 0.1) is 5.82 Å². The normalized spacial score (nSPS) is 17.6. The number of nitrogens with one attached hydrogen (secondary N) is 1. The molecule has 1 heterocycles. The van der Waals surface area contributed by atoms with Gasteiger partial charge >= 0.3 is 0 Å². The number of fused-ring (bicyclic) bond motifs is 1. The Hall–Kier alpha value is -0.780. The first kappa shape index (κ1) is 15.3. The largest absolute Gasteiger partial charge is 0.349 e. The van der Waals surface area contributed by atoms with Gasteiger partial charge in [-0.05, 0) is 30.2 Å². The predicted octanol–water partition coefficient (Wildman–Crippen LogP) is 2.25. The van der Waals surface area contributed by atoms with Gasteiger partial charge in [0.2, 0.25) is 5.91 Å². The third-order valence-electron chi connectivity index (χ3n) is 2.72. The fourth-order valence-corrected chi connectivity index (χ4v) is 3.02. The molecule has 1 aromatic carbocycles. The van der Waals surface area contributed by atoms with Crippen LogP contribution in [0.15, 0.2) is 23.1 Å². The number of carbonyl (C=O) groups is 1. The van der Waals surface area contributed by atoms with E-state index >= 15 is 0 Å². The number of rotatable bonds is 3. The Morgan fingerprint density at radius 2 is 2.33 bits per heavy atom. The summed E-state index contributed by atoms with van der Waals surface area (Å²) >= 11 is 1.70. The molecule has 0 fully saturated rings. The molecule has 3 N–H and O–H groups in total. The second-order valence-electron chi connectivity index (χ2n) is 3.98. The van der Waals surface area contributed by atoms with Crippen LogP contribution in [0.5, 0.6) is 0 Å². The summed E-state index contributed by atoms with van der Waals surface area (Å²) in [6.45, 7) is 0.337. The van der Waals surface area contributed by atoms with Gasteiger partial charge in [0.15, 0.2) is 0 Å². The quantitative estimate of drug-likeness (QED) is 0.898. The minimum absolute atomic E-state index is 0. The second-order valence-corrected chi connectivity index (χ2v) is 5.11. The molecule has 1 atom stereocenters. The average Bonchev–Trinajstić information content (AvgIpc) is 2.30. The zero-order valence-electron chi connectivity index (χ0n) is 9.82. The highest BCUT2D eigenvalue weighted by molar-refractivity contribution is 7.99. The zero-order chi connectivity index (χ0) is 12.3. The molecule has 0 aliphatic carbocycles. The van der Waals surface area contributed by atoms with Crippen LogP contribution in [0.1, 0.15) is 24.4 Å². The highest BCUT2D eigenvalue weighted by atomic mass is 35.5. The molecule has 0 bridgehead atoms. The minimum atomic E-state index is -0.260. The molecule has 1 unspecified atom stereocenters. The summed E-state index contributed by atoms with van der Waals surface area (Å²) in [4.78, 5) is 12.6. The van der Waals surface area contributed by atoms with E-state index < -0.39 is 0 Å². The molecule has 1 aliphatic rings. The van der Waals surface area contributed by atoms with Crippen LogP contribution in [0.3, 0.4) is 0 Å². The molecule has 0 spiro atoms. The molecule has 1 aromatic rings. The molecule has 100 valence electrons. The standard InChI is InChI=1S/C12H15FN2OS.ClH/c13-8-1-2-11-9(7-8)10(4-6-17-11)15-12(16)3-5-14;/h1-2,7,10H,3-6,14H2,(H,15,16);1H. The molecular weight excluding hydrogens is 275 g/mol. The van der Waals surface area contributed by atoms with Crippen LogP contribution < -0.4 is 11.1 Å². The van der Waals surface area contributed by atoms with Crippen molar-refractivity contribution < 1.29 is 9.18 Å². The Labute approximate surface area is 116 Å². The Morgan fingerprint density at radius 3 is 3.06 bits per heavy atom. The topological polar surface area (TPSA) is 55.1 Å². The lowest BCUT2D eigenvalue weighted by atomic mass is 10.0. The van der Waals surface area contributed by atoms with Crippen molar-refractivity contribution in [2.24, 2.45) is 5.73 Å². The van der Waals surface area contributed by atoms with Gasteiger partial charge in [-0.15, -0.1) is 24.2 Å². The summed E-state index contributed by atoms with van der Waals surface area (Å²) in [7, 11) is 0. The lowest BCUT2D eigenvalue weighted by Gasteiger charge is -2.25. The van der Waals surface area contributed by atoms with Crippen molar-refractivity contribution in [3.8, 4) is 0 Å². The van der Waals surface area contributed by atoms with Gasteiger partial charge < -0.3 is 11.1 Å². The van der Waals surface area contributed by atoms with Crippen LogP contribution >= 0.6 is 24.2 Å². The van der Waals surface area contributed by atoms with Gasteiger partial charge in [0.1, 0.15) is 5.82 Å². The number of hydrogen-bond donors (Lipinski definition) is 2. The van der Waals surface area contributed by atoms with Crippen molar-refractivity contribution in [3.63, 3.8) is 0 Å². The molecule has 3 nitrogen and oxygen atoms in total. The van der Waals surface area contributed by atoms with E-state index in [1.54, 1.807) is 17.8 Å². The van der Waals surface area contributed by atoms with E-state index in [1.807, 2.05) is 0 Å². The molecular formula is C12H16ClFN2OS. The molecule has 0 aromatic heterocycles. The van der Waals surface area contributed by atoms with Gasteiger partial charge in [-0.25, -0.2) is 4.39 Å². The van der Waals surface area contributed by atoms with Crippen molar-refractivity contribution in [1.82, 2.24) is 5.32 Å². The fourth-order valence-electron chi connectivity index (χ4n) is 1.91. The van der Waals surface area contributed by atoms with Gasteiger partial charge in [-0.2, -0.15) is 0 Å². The molecule has 0 saturated heterocycles. The second kappa shape index (κ2) is 6.97. The highest BCUT2D eigenvalue weighted by Gasteiger charge is 2.22. The number of carbonyl (C=O) groups excluding carboxylic acids is 1. The number of amides is 1. The lowest BCUT2D eigenvalue weighted by molar-refractivity contribution is -0.121. The third-order valence-corrected chi connectivity index (χ3v) is 3.84. The van der Waals surface area contributed by atoms with Crippen molar-refractivity contribution in [2.45, 2.75) is 23.8 Å². The molecule has 0 radical (unpaired) electrons. The summed E-state index contributed by atoms with van der Waals surface area (Å²) in [5, 5.41) is 2.90. The molecule has 1 aliphatic heterocycles. The van der Waals surface area contributed by atoms with E-state index in [0.717, 1.165) is 22.6 Å². The first-order valence-corrected chi connectivity index (χ1v) is 6.61. The fraction of sp³-hybridized carbons (Fsp3) is 0.417. The molecule has 18 heavy (non-hydrogen) atoms. The number of benzene rings is 1. The number of hydrogen-bond acceptors (Lipinski definition) is 3. The predicted molar refractivity (Wildman–Crippen MR) is 73.5 cm³/mol. The van der Waals surface area contributed by atoms with E-state index in [9.17, 15) is 9.18 Å². The summed E-state index contributed by atoms with van der Waals surface area (Å²) in [5.74, 6) is 0.607. The minimum Gasteiger partial charge on any atom is -0.349 e. The Balaban J connectivity index is 0.00000162. The Morgan fingerprint density at radius 1 is 1.56 bits per heavy atom. The lowest BCUT2D eigenvalue weighted by Crippen LogP contribution is -2.31. The number of halogens is 2. The summed E-state index contributed by atoms with van der Waals surface area (Å²) in [6, 6.07) is 4.66. The SMILES string of the molecule is Cl.NCCC(=O)NC1CCSc2ccc(F)cc21. The molecule has 2 rings (SSSR count). The van der Waals surface area contributed by atoms with E-state index in [4.69, 9.17) is 5.73 Å². The maximum Gasteiger partial charge on any atom is 0.221 e. The Kier molecular flexibility index (Phi) is 5.91. The van der Waals surface area contributed by atoms with Crippen LogP contribution in [-0.2, 0) is 4.79 Å². The van der Waals surface area contributed by atoms with Crippen LogP contribution in [0.4, 0.5) is 4.39 Å². The zero-order valence-corrected chi connectivity index (χ0v) is 11.5. The first-order valence-electron chi connectivity index (χ1n) is 5.62. The third kappa shape index (κ3) is 3.60. The average molecular weight is 291 g/mol. The molecule has 6 heteroatoms. The summed E-state index contributed by atoms with van der Waals surface area (Å²) in [6.07, 6.45) is 1.14. The summed E-state index contributed by atoms with van der Waals surface area (Å²) < 4.78 is 13.2. The first-order chi connectivity index (χ1) is 8.20. The molecule has 1 amide bonds. The van der Waals surface area contributed by atoms with Gasteiger partial charge in [-0.1, -0.05) is 0 Å². The Bertz CT molecular complexity index is 431. The smallest absolute Gasteiger partial charge is 0.221 e. The van der Waals surface area contributed by atoms with Gasteiger partial charge in [0, 0.05) is 23.6 Å². The molecule has 0 saturated carbocycles. The van der Waals surface area contributed by atoms with Gasteiger partial charge in [-0.3, -0.25) is 4.79 Å². The number of nitrogens with two attached hydrogens (primary N) is 1. The van der Waals surface area contributed by atoms with E-state index in [-0.39, 0.29) is 30.2 Å².